The number of halogens is 3. The molecule has 0 spiro atoms. The van der Waals surface area contributed by atoms with Crippen molar-refractivity contribution in [1.29, 1.82) is 0 Å². The normalized spacial score (nSPS) is 11.1. The van der Waals surface area contributed by atoms with Crippen molar-refractivity contribution >= 4 is 50.0 Å². The summed E-state index contributed by atoms with van der Waals surface area (Å²) in [6, 6.07) is 9.65. The molecule has 0 bridgehead atoms. The van der Waals surface area contributed by atoms with E-state index in [2.05, 4.69) is 25.9 Å². The summed E-state index contributed by atoms with van der Waals surface area (Å²) in [6.07, 6.45) is 0. The minimum absolute atomic E-state index is 0.443. The van der Waals surface area contributed by atoms with Gasteiger partial charge in [0.2, 0.25) is 0 Å². The van der Waals surface area contributed by atoms with Gasteiger partial charge in [0.05, 0.1) is 5.52 Å². The Hall–Kier alpha value is -1.16. The van der Waals surface area contributed by atoms with E-state index in [-0.39, 0.29) is 0 Å². The van der Waals surface area contributed by atoms with Gasteiger partial charge < -0.3 is 0 Å². The van der Waals surface area contributed by atoms with Crippen LogP contribution in [0.4, 0.5) is 0 Å². The van der Waals surface area contributed by atoms with Gasteiger partial charge in [0.1, 0.15) is 5.15 Å². The Morgan fingerprint density at radius 2 is 1.76 bits per heavy atom. The van der Waals surface area contributed by atoms with Crippen LogP contribution in [0.15, 0.2) is 34.8 Å². The fourth-order valence-electron chi connectivity index (χ4n) is 2.25. The smallest absolute Gasteiger partial charge is 0.161 e. The zero-order valence-corrected chi connectivity index (χ0v) is 14.5. The lowest BCUT2D eigenvalue weighted by atomic mass is 10.1. The minimum Gasteiger partial charge on any atom is -0.227 e. The lowest BCUT2D eigenvalue weighted by Crippen LogP contribution is -1.95. The van der Waals surface area contributed by atoms with E-state index in [4.69, 9.17) is 23.2 Å². The monoisotopic (exact) mass is 380 g/mol. The topological polar surface area (TPSA) is 25.8 Å². The molecule has 0 unspecified atom stereocenters. The summed E-state index contributed by atoms with van der Waals surface area (Å²) >= 11 is 16.0. The van der Waals surface area contributed by atoms with E-state index < -0.39 is 0 Å². The van der Waals surface area contributed by atoms with Gasteiger partial charge >= 0.3 is 0 Å². The van der Waals surface area contributed by atoms with Gasteiger partial charge in [0.15, 0.2) is 5.82 Å². The van der Waals surface area contributed by atoms with Crippen LogP contribution >= 0.6 is 39.1 Å². The second-order valence-corrected chi connectivity index (χ2v) is 6.59. The fourth-order valence-corrected chi connectivity index (χ4v) is 3.30. The largest absolute Gasteiger partial charge is 0.227 e. The summed E-state index contributed by atoms with van der Waals surface area (Å²) in [5, 5.41) is 1.93. The average Bonchev–Trinajstić information content (AvgIpc) is 2.42. The standard InChI is InChI=1S/C16H11BrCl2N2/c1-8-5-12-14(13(17)6-8)20-16(21-15(12)19)11-7-10(18)4-3-9(11)2/h3-7H,1-2H3. The van der Waals surface area contributed by atoms with Crippen LogP contribution in [0.3, 0.4) is 0 Å². The maximum absolute atomic E-state index is 6.34. The van der Waals surface area contributed by atoms with Crippen molar-refractivity contribution in [2.75, 3.05) is 0 Å². The van der Waals surface area contributed by atoms with E-state index in [0.717, 1.165) is 32.1 Å². The molecule has 21 heavy (non-hydrogen) atoms. The molecule has 0 N–H and O–H groups in total. The summed E-state index contributed by atoms with van der Waals surface area (Å²) in [5.74, 6) is 0.581. The van der Waals surface area contributed by atoms with Gasteiger partial charge in [-0.05, 0) is 65.2 Å². The van der Waals surface area contributed by atoms with Gasteiger partial charge in [-0.25, -0.2) is 9.97 Å². The third-order valence-corrected chi connectivity index (χ3v) is 4.42. The maximum Gasteiger partial charge on any atom is 0.161 e. The van der Waals surface area contributed by atoms with E-state index in [9.17, 15) is 0 Å². The first-order valence-corrected chi connectivity index (χ1v) is 7.90. The maximum atomic E-state index is 6.34. The molecule has 2 nitrogen and oxygen atoms in total. The molecule has 3 rings (SSSR count). The van der Waals surface area contributed by atoms with Crippen molar-refractivity contribution in [3.05, 3.63) is 56.1 Å². The molecule has 0 fully saturated rings. The SMILES string of the molecule is Cc1cc(Br)c2nc(-c3cc(Cl)ccc3C)nc(Cl)c2c1. The summed E-state index contributed by atoms with van der Waals surface area (Å²) in [7, 11) is 0. The van der Waals surface area contributed by atoms with Crippen molar-refractivity contribution in [3.8, 4) is 11.4 Å². The molecular weight excluding hydrogens is 371 g/mol. The fraction of sp³-hybridized carbons (Fsp3) is 0.125. The van der Waals surface area contributed by atoms with E-state index in [1.165, 1.54) is 0 Å². The molecule has 0 aliphatic rings. The molecule has 0 amide bonds. The number of aromatic nitrogens is 2. The Morgan fingerprint density at radius 3 is 2.52 bits per heavy atom. The molecule has 0 aliphatic heterocycles. The van der Waals surface area contributed by atoms with Gasteiger partial charge in [-0.3, -0.25) is 0 Å². The molecule has 0 saturated carbocycles. The number of hydrogen-bond donors (Lipinski definition) is 0. The molecule has 0 aliphatic carbocycles. The Kier molecular flexibility index (Phi) is 3.91. The van der Waals surface area contributed by atoms with E-state index >= 15 is 0 Å². The van der Waals surface area contributed by atoms with Crippen LogP contribution in [-0.4, -0.2) is 9.97 Å². The van der Waals surface area contributed by atoms with E-state index in [1.807, 2.05) is 44.2 Å². The third kappa shape index (κ3) is 2.78. The van der Waals surface area contributed by atoms with Crippen LogP contribution in [0.25, 0.3) is 22.3 Å². The number of aryl methyl sites for hydroxylation is 2. The zero-order valence-electron chi connectivity index (χ0n) is 11.4. The van der Waals surface area contributed by atoms with Crippen molar-refractivity contribution < 1.29 is 0 Å². The number of fused-ring (bicyclic) bond motifs is 1. The number of rotatable bonds is 1. The van der Waals surface area contributed by atoms with Gasteiger partial charge in [0.25, 0.3) is 0 Å². The molecule has 106 valence electrons. The van der Waals surface area contributed by atoms with Crippen LogP contribution < -0.4 is 0 Å². The van der Waals surface area contributed by atoms with Crippen LogP contribution in [-0.2, 0) is 0 Å². The number of benzene rings is 2. The van der Waals surface area contributed by atoms with Crippen LogP contribution in [0.1, 0.15) is 11.1 Å². The molecule has 0 saturated heterocycles. The lowest BCUT2D eigenvalue weighted by Gasteiger charge is -2.09. The van der Waals surface area contributed by atoms with E-state index in [0.29, 0.717) is 16.0 Å². The minimum atomic E-state index is 0.443. The van der Waals surface area contributed by atoms with Gasteiger partial charge in [-0.2, -0.15) is 0 Å². The summed E-state index contributed by atoms with van der Waals surface area (Å²) < 4.78 is 0.905. The Morgan fingerprint density at radius 1 is 1.00 bits per heavy atom. The quantitative estimate of drug-likeness (QED) is 0.484. The zero-order chi connectivity index (χ0) is 15.1. The van der Waals surface area contributed by atoms with E-state index in [1.54, 1.807) is 0 Å². The Labute approximate surface area is 141 Å². The first-order valence-electron chi connectivity index (χ1n) is 6.35. The number of hydrogen-bond acceptors (Lipinski definition) is 2. The second-order valence-electron chi connectivity index (χ2n) is 4.94. The van der Waals surface area contributed by atoms with Crippen LogP contribution in [0, 0.1) is 13.8 Å². The predicted molar refractivity (Wildman–Crippen MR) is 92.2 cm³/mol. The first-order chi connectivity index (χ1) is 9.95. The molecule has 5 heteroatoms. The molecule has 0 radical (unpaired) electrons. The lowest BCUT2D eigenvalue weighted by molar-refractivity contribution is 1.21. The van der Waals surface area contributed by atoms with Crippen LogP contribution in [0.2, 0.25) is 10.2 Å². The highest BCUT2D eigenvalue weighted by molar-refractivity contribution is 9.10. The summed E-state index contributed by atoms with van der Waals surface area (Å²) in [6.45, 7) is 4.01. The molecule has 3 aromatic rings. The molecular formula is C16H11BrCl2N2. The van der Waals surface area contributed by atoms with Crippen molar-refractivity contribution in [2.45, 2.75) is 13.8 Å². The second kappa shape index (κ2) is 5.56. The predicted octanol–water partition coefficient (Wildman–Crippen LogP) is 5.98. The van der Waals surface area contributed by atoms with Crippen molar-refractivity contribution in [3.63, 3.8) is 0 Å². The first kappa shape index (κ1) is 14.8. The Bertz CT molecular complexity index is 863. The third-order valence-electron chi connectivity index (χ3n) is 3.29. The van der Waals surface area contributed by atoms with Crippen molar-refractivity contribution in [1.82, 2.24) is 9.97 Å². The van der Waals surface area contributed by atoms with Crippen LogP contribution in [0.5, 0.6) is 0 Å². The van der Waals surface area contributed by atoms with Gasteiger partial charge in [-0.15, -0.1) is 0 Å². The highest BCUT2D eigenvalue weighted by atomic mass is 79.9. The molecule has 1 heterocycles. The van der Waals surface area contributed by atoms with Crippen molar-refractivity contribution in [2.24, 2.45) is 0 Å². The Balaban J connectivity index is 2.33. The highest BCUT2D eigenvalue weighted by Crippen LogP contribution is 2.32. The van der Waals surface area contributed by atoms with Gasteiger partial charge in [0, 0.05) is 20.4 Å². The summed E-state index contributed by atoms with van der Waals surface area (Å²) in [5.41, 5.74) is 3.85. The van der Waals surface area contributed by atoms with Gasteiger partial charge in [-0.1, -0.05) is 29.3 Å². The average molecular weight is 382 g/mol. The molecule has 2 aromatic carbocycles. The number of nitrogens with zero attached hydrogens (tertiary/aromatic N) is 2. The molecule has 0 atom stereocenters. The highest BCUT2D eigenvalue weighted by Gasteiger charge is 2.13. The summed E-state index contributed by atoms with van der Waals surface area (Å²) in [4.78, 5) is 9.08. The molecule has 1 aromatic heterocycles.